The Kier molecular flexibility index (Phi) is 9.92. The van der Waals surface area contributed by atoms with E-state index in [4.69, 9.17) is 4.99 Å². The minimum Gasteiger partial charge on any atom is -0.359 e. The minimum absolute atomic E-state index is 0.0802. The van der Waals surface area contributed by atoms with Crippen molar-refractivity contribution in [2.24, 2.45) is 4.99 Å². The number of aliphatic imine (C=N–C) groups is 1. The van der Waals surface area contributed by atoms with Crippen molar-refractivity contribution >= 4 is 33.3 Å². The van der Waals surface area contributed by atoms with Crippen molar-refractivity contribution in [3.63, 3.8) is 0 Å². The second-order valence-corrected chi connectivity index (χ2v) is 18.3. The van der Waals surface area contributed by atoms with Crippen LogP contribution in [-0.2, 0) is 5.41 Å². The van der Waals surface area contributed by atoms with Gasteiger partial charge in [-0.25, -0.2) is 4.99 Å². The second kappa shape index (κ2) is 16.8. The Bertz CT molecular complexity index is 3790. The van der Waals surface area contributed by atoms with E-state index >= 15 is 0 Å². The maximum Gasteiger partial charge on any atom is 0.134 e. The van der Waals surface area contributed by atoms with Crippen LogP contribution < -0.4 is 5.32 Å². The van der Waals surface area contributed by atoms with Crippen molar-refractivity contribution in [1.29, 1.82) is 0 Å². The molecule has 10 aromatic carbocycles. The Balaban J connectivity index is 0.00000237. The number of nitrogens with zero attached hydrogens (tertiary/aromatic N) is 2. The van der Waals surface area contributed by atoms with Crippen LogP contribution in [0, 0.1) is 0 Å². The summed E-state index contributed by atoms with van der Waals surface area (Å²) in [5.41, 5.74) is 22.6. The van der Waals surface area contributed by atoms with E-state index < -0.39 is 5.41 Å². The Morgan fingerprint density at radius 3 is 1.47 bits per heavy atom. The fraction of sp³-hybridized carbons (Fsp3) is 0.0597. The molecule has 332 valence electrons. The third-order valence-electron chi connectivity index (χ3n) is 14.7. The number of benzene rings is 10. The topological polar surface area (TPSA) is 29.3 Å². The fourth-order valence-corrected chi connectivity index (χ4v) is 11.7. The number of hydrogen-bond acceptors (Lipinski definition) is 2. The molecule has 3 nitrogen and oxygen atoms in total. The molecule has 3 heteroatoms. The molecular weight excluding hydrogens is 847 g/mol. The highest BCUT2D eigenvalue weighted by molar-refractivity contribution is 6.09. The van der Waals surface area contributed by atoms with Gasteiger partial charge < -0.3 is 9.88 Å². The molecule has 14 rings (SSSR count). The van der Waals surface area contributed by atoms with Crippen LogP contribution in [0.25, 0.3) is 77.7 Å². The molecule has 0 bridgehead atoms. The molecule has 1 atom stereocenters. The van der Waals surface area contributed by atoms with E-state index in [1.54, 1.807) is 0 Å². The van der Waals surface area contributed by atoms with Crippen LogP contribution in [-0.4, -0.2) is 10.4 Å². The highest BCUT2D eigenvalue weighted by atomic mass is 15.0. The summed E-state index contributed by atoms with van der Waals surface area (Å²) in [6.45, 7) is 4.00. The number of amidine groups is 1. The first kappa shape index (κ1) is 41.4. The zero-order valence-electron chi connectivity index (χ0n) is 39.1. The van der Waals surface area contributed by atoms with Crippen LogP contribution in [0.2, 0.25) is 0 Å². The smallest absolute Gasteiger partial charge is 0.134 e. The number of rotatable bonds is 6. The Hall–Kier alpha value is -8.79. The van der Waals surface area contributed by atoms with Crippen LogP contribution >= 0.6 is 0 Å². The van der Waals surface area contributed by atoms with E-state index in [-0.39, 0.29) is 6.04 Å². The average Bonchev–Trinajstić information content (AvgIpc) is 4.05. The van der Waals surface area contributed by atoms with Crippen LogP contribution in [0.15, 0.2) is 254 Å². The largest absolute Gasteiger partial charge is 0.359 e. The highest BCUT2D eigenvalue weighted by Crippen LogP contribution is 2.63. The van der Waals surface area contributed by atoms with Crippen molar-refractivity contribution in [2.75, 3.05) is 0 Å². The lowest BCUT2D eigenvalue weighted by atomic mass is 9.70. The summed E-state index contributed by atoms with van der Waals surface area (Å²) in [4.78, 5) is 5.14. The van der Waals surface area contributed by atoms with Gasteiger partial charge in [0.2, 0.25) is 0 Å². The first-order valence-corrected chi connectivity index (χ1v) is 24.6. The van der Waals surface area contributed by atoms with Crippen molar-refractivity contribution in [3.05, 3.63) is 288 Å². The van der Waals surface area contributed by atoms with Gasteiger partial charge in [-0.1, -0.05) is 214 Å². The van der Waals surface area contributed by atoms with E-state index in [0.717, 1.165) is 28.3 Å². The molecule has 0 saturated carbocycles. The number of hydrogen-bond donors (Lipinski definition) is 1. The lowest BCUT2D eigenvalue weighted by molar-refractivity contribution is 0.781. The van der Waals surface area contributed by atoms with Gasteiger partial charge in [0, 0.05) is 22.0 Å². The van der Waals surface area contributed by atoms with Crippen LogP contribution in [0.5, 0.6) is 0 Å². The lowest BCUT2D eigenvalue weighted by Crippen LogP contribution is -2.31. The molecule has 1 N–H and O–H groups in total. The van der Waals surface area contributed by atoms with E-state index in [2.05, 4.69) is 259 Å². The quantitative estimate of drug-likeness (QED) is 0.177. The van der Waals surface area contributed by atoms with Gasteiger partial charge in [0.25, 0.3) is 0 Å². The van der Waals surface area contributed by atoms with Crippen molar-refractivity contribution in [1.82, 2.24) is 9.88 Å². The molecule has 2 heterocycles. The van der Waals surface area contributed by atoms with Crippen LogP contribution in [0.3, 0.4) is 0 Å². The zero-order valence-corrected chi connectivity index (χ0v) is 39.1. The first-order valence-electron chi connectivity index (χ1n) is 24.6. The SMILES string of the molecule is C1=C(c2ccccc2)N=C(c2ccccc2)NC1c1cccc(-c2ccc3c(c2)C2(c4ccccc4-c4ccccc42)c2cc(-c4cccc(-n5c6ccccc6c6ccccc65)c4)ccc2-3)c1.CC. The summed E-state index contributed by atoms with van der Waals surface area (Å²) in [5.74, 6) is 0.871. The Labute approximate surface area is 409 Å². The monoisotopic (exact) mass is 895 g/mol. The number of nitrogens with one attached hydrogen (secondary N) is 1. The predicted octanol–water partition coefficient (Wildman–Crippen LogP) is 16.6. The van der Waals surface area contributed by atoms with Gasteiger partial charge in [0.1, 0.15) is 5.84 Å². The van der Waals surface area contributed by atoms with Crippen LogP contribution in [0.4, 0.5) is 0 Å². The third kappa shape index (κ3) is 6.39. The summed E-state index contributed by atoms with van der Waals surface area (Å²) in [6, 6.07) is 89.1. The molecule has 2 aliphatic carbocycles. The maximum atomic E-state index is 5.14. The number of aromatic nitrogens is 1. The molecule has 0 amide bonds. The molecule has 1 aliphatic heterocycles. The van der Waals surface area contributed by atoms with Gasteiger partial charge in [-0.2, -0.15) is 0 Å². The first-order chi connectivity index (χ1) is 34.7. The summed E-state index contributed by atoms with van der Waals surface area (Å²) >= 11 is 0. The lowest BCUT2D eigenvalue weighted by Gasteiger charge is -2.31. The molecular formula is C67H49N3. The molecule has 0 fully saturated rings. The van der Waals surface area contributed by atoms with Crippen LogP contribution in [0.1, 0.15) is 58.8 Å². The highest BCUT2D eigenvalue weighted by Gasteiger charge is 2.51. The summed E-state index contributed by atoms with van der Waals surface area (Å²) in [5, 5.41) is 6.33. The number of fused-ring (bicyclic) bond motifs is 13. The maximum absolute atomic E-state index is 5.14. The van der Waals surface area contributed by atoms with Crippen molar-refractivity contribution in [2.45, 2.75) is 25.3 Å². The molecule has 1 spiro atoms. The standard InChI is InChI=1S/C65H43N3.C2H6/c1-3-17-42(18-4-1)60-41-61(67-64(66-60)43-19-5-2-6-20-43)48-23-15-21-44(37-48)46-33-35-52-53-36-34-47(40-59(53)65(58(52)39-46)56-29-11-7-25-50(56)51-26-8-12-30-57(51)65)45-22-16-24-49(38-45)68-62-31-13-9-27-54(62)55-28-10-14-32-63(55)68;1-2/h1-41,61H,(H,66,67);1-2H3. The second-order valence-electron chi connectivity index (χ2n) is 18.3. The van der Waals surface area contributed by atoms with Gasteiger partial charge in [-0.15, -0.1) is 0 Å². The van der Waals surface area contributed by atoms with Gasteiger partial charge in [-0.05, 0) is 126 Å². The molecule has 0 radical (unpaired) electrons. The summed E-state index contributed by atoms with van der Waals surface area (Å²) in [7, 11) is 0. The normalized spacial score (nSPS) is 14.7. The van der Waals surface area contributed by atoms with E-state index in [0.29, 0.717) is 0 Å². The van der Waals surface area contributed by atoms with Crippen molar-refractivity contribution < 1.29 is 0 Å². The summed E-state index contributed by atoms with van der Waals surface area (Å²) < 4.78 is 2.41. The molecule has 70 heavy (non-hydrogen) atoms. The Morgan fingerprint density at radius 1 is 0.386 bits per heavy atom. The van der Waals surface area contributed by atoms with Gasteiger partial charge >= 0.3 is 0 Å². The van der Waals surface area contributed by atoms with E-state index in [9.17, 15) is 0 Å². The minimum atomic E-state index is -0.509. The predicted molar refractivity (Wildman–Crippen MR) is 293 cm³/mol. The molecule has 0 saturated heterocycles. The molecule has 1 aromatic heterocycles. The summed E-state index contributed by atoms with van der Waals surface area (Å²) in [6.07, 6.45) is 2.26. The third-order valence-corrected chi connectivity index (χ3v) is 14.7. The van der Waals surface area contributed by atoms with Crippen molar-refractivity contribution in [3.8, 4) is 50.2 Å². The van der Waals surface area contributed by atoms with Gasteiger partial charge in [-0.3, -0.25) is 0 Å². The zero-order chi connectivity index (χ0) is 46.8. The Morgan fingerprint density at radius 2 is 0.857 bits per heavy atom. The number of para-hydroxylation sites is 2. The van der Waals surface area contributed by atoms with E-state index in [1.807, 2.05) is 13.8 Å². The molecule has 11 aromatic rings. The van der Waals surface area contributed by atoms with Gasteiger partial charge in [0.05, 0.1) is 28.2 Å². The van der Waals surface area contributed by atoms with Gasteiger partial charge in [0.15, 0.2) is 0 Å². The fourth-order valence-electron chi connectivity index (χ4n) is 11.7. The molecule has 3 aliphatic rings. The molecule has 1 unspecified atom stereocenters. The average molecular weight is 896 g/mol. The van der Waals surface area contributed by atoms with E-state index in [1.165, 1.54) is 94.1 Å².